The van der Waals surface area contributed by atoms with E-state index in [1.54, 1.807) is 0 Å². The van der Waals surface area contributed by atoms with Gasteiger partial charge in [0, 0.05) is 0 Å². The maximum absolute atomic E-state index is 2.51. The Morgan fingerprint density at radius 1 is 0.923 bits per heavy atom. The van der Waals surface area contributed by atoms with Crippen LogP contribution in [0.2, 0.25) is 0 Å². The third-order valence-corrected chi connectivity index (χ3v) is 3.46. The molecule has 0 heterocycles. The van der Waals surface area contributed by atoms with Gasteiger partial charge in [0.15, 0.2) is 0 Å². The predicted octanol–water partition coefficient (Wildman–Crippen LogP) is 4.78. The molecule has 1 saturated carbocycles. The zero-order chi connectivity index (χ0) is 9.73. The van der Waals surface area contributed by atoms with Crippen LogP contribution in [0.3, 0.4) is 0 Å². The summed E-state index contributed by atoms with van der Waals surface area (Å²) in [6.45, 7) is 7.24. The van der Waals surface area contributed by atoms with Crippen LogP contribution in [0.1, 0.15) is 72.1 Å². The fraction of sp³-hybridized carbons (Fsp3) is 1.00. The molecule has 0 aromatic carbocycles. The first-order valence-corrected chi connectivity index (χ1v) is 6.12. The van der Waals surface area contributed by atoms with E-state index in [-0.39, 0.29) is 0 Å². The van der Waals surface area contributed by atoms with Gasteiger partial charge in [0.1, 0.15) is 0 Å². The van der Waals surface area contributed by atoms with E-state index in [0.717, 1.165) is 5.92 Å². The summed E-state index contributed by atoms with van der Waals surface area (Å²) in [5, 5.41) is 0. The highest BCUT2D eigenvalue weighted by Crippen LogP contribution is 2.38. The van der Waals surface area contributed by atoms with Crippen LogP contribution in [0.5, 0.6) is 0 Å². The third-order valence-electron chi connectivity index (χ3n) is 3.46. The van der Waals surface area contributed by atoms with Crippen LogP contribution in [0, 0.1) is 11.3 Å². The average molecular weight is 182 g/mol. The standard InChI is InChI=1S/C13H26/c1-12(2)11-13(3)9-7-5-4-6-8-10-13/h12H,4-11H2,1-3H3. The largest absolute Gasteiger partial charge is 0.0628 e. The fourth-order valence-corrected chi connectivity index (χ4v) is 2.95. The van der Waals surface area contributed by atoms with Crippen molar-refractivity contribution in [2.75, 3.05) is 0 Å². The lowest BCUT2D eigenvalue weighted by atomic mass is 9.73. The minimum Gasteiger partial charge on any atom is -0.0628 e. The predicted molar refractivity (Wildman–Crippen MR) is 59.9 cm³/mol. The zero-order valence-electron chi connectivity index (χ0n) is 9.73. The SMILES string of the molecule is CC(C)CC1(C)CCCCCCC1. The molecule has 0 aromatic rings. The first-order valence-electron chi connectivity index (χ1n) is 6.12. The molecular formula is C13H26. The van der Waals surface area contributed by atoms with E-state index in [9.17, 15) is 0 Å². The topological polar surface area (TPSA) is 0 Å². The van der Waals surface area contributed by atoms with Gasteiger partial charge in [-0.15, -0.1) is 0 Å². The van der Waals surface area contributed by atoms with Crippen molar-refractivity contribution in [2.24, 2.45) is 11.3 Å². The van der Waals surface area contributed by atoms with Crippen molar-refractivity contribution in [3.63, 3.8) is 0 Å². The summed E-state index contributed by atoms with van der Waals surface area (Å²) in [7, 11) is 0. The fourth-order valence-electron chi connectivity index (χ4n) is 2.95. The molecule has 0 bridgehead atoms. The minimum atomic E-state index is 0.675. The molecule has 1 aliphatic carbocycles. The van der Waals surface area contributed by atoms with E-state index in [1.165, 1.54) is 51.4 Å². The molecule has 0 amide bonds. The normalized spacial score (nSPS) is 24.0. The van der Waals surface area contributed by atoms with Crippen molar-refractivity contribution >= 4 is 0 Å². The molecule has 0 saturated heterocycles. The van der Waals surface area contributed by atoms with E-state index in [2.05, 4.69) is 20.8 Å². The van der Waals surface area contributed by atoms with E-state index < -0.39 is 0 Å². The van der Waals surface area contributed by atoms with Gasteiger partial charge in [-0.25, -0.2) is 0 Å². The molecule has 0 aromatic heterocycles. The highest BCUT2D eigenvalue weighted by Gasteiger charge is 2.25. The van der Waals surface area contributed by atoms with Crippen molar-refractivity contribution in [3.8, 4) is 0 Å². The van der Waals surface area contributed by atoms with Crippen molar-refractivity contribution < 1.29 is 0 Å². The van der Waals surface area contributed by atoms with Crippen LogP contribution in [-0.4, -0.2) is 0 Å². The first-order chi connectivity index (χ1) is 6.12. The molecule has 0 aliphatic heterocycles. The van der Waals surface area contributed by atoms with Gasteiger partial charge in [-0.1, -0.05) is 52.9 Å². The van der Waals surface area contributed by atoms with E-state index in [4.69, 9.17) is 0 Å². The Morgan fingerprint density at radius 2 is 1.38 bits per heavy atom. The monoisotopic (exact) mass is 182 g/mol. The Labute approximate surface area is 84.1 Å². The maximum atomic E-state index is 2.51. The van der Waals surface area contributed by atoms with Crippen molar-refractivity contribution in [1.29, 1.82) is 0 Å². The van der Waals surface area contributed by atoms with Gasteiger partial charge in [-0.3, -0.25) is 0 Å². The summed E-state index contributed by atoms with van der Waals surface area (Å²) >= 11 is 0. The third kappa shape index (κ3) is 4.15. The molecule has 1 fully saturated rings. The van der Waals surface area contributed by atoms with Crippen LogP contribution in [0.25, 0.3) is 0 Å². The second-order valence-electron chi connectivity index (χ2n) is 5.68. The Kier molecular flexibility index (Phi) is 4.28. The molecule has 0 nitrogen and oxygen atoms in total. The first kappa shape index (κ1) is 11.1. The van der Waals surface area contributed by atoms with Gasteiger partial charge in [0.05, 0.1) is 0 Å². The number of hydrogen-bond acceptors (Lipinski definition) is 0. The molecule has 0 N–H and O–H groups in total. The van der Waals surface area contributed by atoms with E-state index in [0.29, 0.717) is 5.41 Å². The molecule has 0 heteroatoms. The summed E-state index contributed by atoms with van der Waals surface area (Å²) < 4.78 is 0. The van der Waals surface area contributed by atoms with E-state index >= 15 is 0 Å². The lowest BCUT2D eigenvalue weighted by molar-refractivity contribution is 0.192. The lowest BCUT2D eigenvalue weighted by Gasteiger charge is -2.33. The highest BCUT2D eigenvalue weighted by atomic mass is 14.3. The van der Waals surface area contributed by atoms with Gasteiger partial charge in [0.25, 0.3) is 0 Å². The van der Waals surface area contributed by atoms with Crippen LogP contribution in [0.4, 0.5) is 0 Å². The van der Waals surface area contributed by atoms with Gasteiger partial charge in [0.2, 0.25) is 0 Å². The molecular weight excluding hydrogens is 156 g/mol. The number of rotatable bonds is 2. The summed E-state index contributed by atoms with van der Waals surface area (Å²) in [5.41, 5.74) is 0.675. The molecule has 78 valence electrons. The van der Waals surface area contributed by atoms with Crippen molar-refractivity contribution in [3.05, 3.63) is 0 Å². The minimum absolute atomic E-state index is 0.675. The smallest absolute Gasteiger partial charge is 0.0323 e. The van der Waals surface area contributed by atoms with Crippen LogP contribution >= 0.6 is 0 Å². The molecule has 13 heavy (non-hydrogen) atoms. The lowest BCUT2D eigenvalue weighted by Crippen LogP contribution is -2.20. The van der Waals surface area contributed by atoms with Gasteiger partial charge >= 0.3 is 0 Å². The number of hydrogen-bond donors (Lipinski definition) is 0. The van der Waals surface area contributed by atoms with Gasteiger partial charge < -0.3 is 0 Å². The highest BCUT2D eigenvalue weighted by molar-refractivity contribution is 4.77. The molecule has 1 rings (SSSR count). The Balaban J connectivity index is 2.41. The molecule has 0 spiro atoms. The second kappa shape index (κ2) is 5.02. The van der Waals surface area contributed by atoms with E-state index in [1.807, 2.05) is 0 Å². The molecule has 0 atom stereocenters. The molecule has 0 radical (unpaired) electrons. The Hall–Kier alpha value is 0. The van der Waals surface area contributed by atoms with Crippen LogP contribution in [0.15, 0.2) is 0 Å². The second-order valence-corrected chi connectivity index (χ2v) is 5.68. The van der Waals surface area contributed by atoms with Gasteiger partial charge in [-0.2, -0.15) is 0 Å². The summed E-state index contributed by atoms with van der Waals surface area (Å²) in [6, 6.07) is 0. The summed E-state index contributed by atoms with van der Waals surface area (Å²) in [6.07, 6.45) is 11.8. The molecule has 0 unspecified atom stereocenters. The summed E-state index contributed by atoms with van der Waals surface area (Å²) in [4.78, 5) is 0. The summed E-state index contributed by atoms with van der Waals surface area (Å²) in [5.74, 6) is 0.879. The Morgan fingerprint density at radius 3 is 1.85 bits per heavy atom. The average Bonchev–Trinajstić information content (AvgIpc) is 1.97. The van der Waals surface area contributed by atoms with Crippen LogP contribution < -0.4 is 0 Å². The quantitative estimate of drug-likeness (QED) is 0.576. The zero-order valence-corrected chi connectivity index (χ0v) is 9.73. The van der Waals surface area contributed by atoms with Crippen molar-refractivity contribution in [2.45, 2.75) is 72.1 Å². The van der Waals surface area contributed by atoms with Crippen molar-refractivity contribution in [1.82, 2.24) is 0 Å². The molecule has 1 aliphatic rings. The van der Waals surface area contributed by atoms with Gasteiger partial charge in [-0.05, 0) is 30.6 Å². The van der Waals surface area contributed by atoms with Crippen LogP contribution in [-0.2, 0) is 0 Å². The maximum Gasteiger partial charge on any atom is -0.0323 e. The Bertz CT molecular complexity index is 127.